The minimum absolute atomic E-state index is 0.0433. The van der Waals surface area contributed by atoms with Crippen LogP contribution in [0.3, 0.4) is 0 Å². The van der Waals surface area contributed by atoms with Crippen LogP contribution in [-0.2, 0) is 9.53 Å². The number of thiazole rings is 1. The van der Waals surface area contributed by atoms with Crippen molar-refractivity contribution in [1.82, 2.24) is 20.5 Å². The molecule has 0 aliphatic heterocycles. The Morgan fingerprint density at radius 3 is 2.71 bits per heavy atom. The Hall–Kier alpha value is -3.60. The summed E-state index contributed by atoms with van der Waals surface area (Å²) in [6.45, 7) is 5.46. The van der Waals surface area contributed by atoms with Gasteiger partial charge in [-0.05, 0) is 32.0 Å². The Morgan fingerprint density at radius 1 is 1.19 bits per heavy atom. The summed E-state index contributed by atoms with van der Waals surface area (Å²) in [5.74, 6) is -0.378. The number of hydrogen-bond donors (Lipinski definition) is 2. The fourth-order valence-corrected chi connectivity index (χ4v) is 3.49. The van der Waals surface area contributed by atoms with E-state index in [-0.39, 0.29) is 31.4 Å². The first-order chi connectivity index (χ1) is 14.9. The Bertz CT molecular complexity index is 1110. The van der Waals surface area contributed by atoms with E-state index in [1.807, 2.05) is 0 Å². The summed E-state index contributed by atoms with van der Waals surface area (Å²) in [5, 5.41) is 13.3. The second kappa shape index (κ2) is 9.94. The van der Waals surface area contributed by atoms with Gasteiger partial charge in [0.25, 0.3) is 5.91 Å². The van der Waals surface area contributed by atoms with Crippen LogP contribution in [0.4, 0.5) is 5.13 Å². The first kappa shape index (κ1) is 22.1. The normalized spacial score (nSPS) is 10.5. The third-order valence-corrected chi connectivity index (χ3v) is 5.09. The number of benzene rings is 1. The lowest BCUT2D eigenvalue weighted by Crippen LogP contribution is -2.27. The molecule has 0 saturated heterocycles. The maximum atomic E-state index is 12.4. The molecule has 0 radical (unpaired) electrons. The van der Waals surface area contributed by atoms with Gasteiger partial charge in [-0.3, -0.25) is 9.59 Å². The largest absolute Gasteiger partial charge is 0.462 e. The van der Waals surface area contributed by atoms with E-state index in [0.29, 0.717) is 38.6 Å². The van der Waals surface area contributed by atoms with E-state index in [0.717, 1.165) is 11.3 Å². The van der Waals surface area contributed by atoms with Gasteiger partial charge in [-0.25, -0.2) is 9.78 Å². The number of aryl methyl sites for hydroxylation is 2. The number of nitrogens with zero attached hydrogens (tertiary/aromatic N) is 3. The maximum absolute atomic E-state index is 12.4. The predicted molar refractivity (Wildman–Crippen MR) is 113 cm³/mol. The summed E-state index contributed by atoms with van der Waals surface area (Å²) >= 11 is 1.05. The van der Waals surface area contributed by atoms with Gasteiger partial charge < -0.3 is 19.8 Å². The number of anilines is 1. The molecule has 0 spiro atoms. The Morgan fingerprint density at radius 2 is 2.00 bits per heavy atom. The number of amides is 2. The summed E-state index contributed by atoms with van der Waals surface area (Å²) in [5.41, 5.74) is 1.52. The van der Waals surface area contributed by atoms with Crippen LogP contribution in [0.1, 0.15) is 45.0 Å². The van der Waals surface area contributed by atoms with Crippen LogP contribution in [0.2, 0.25) is 0 Å². The molecular formula is C20H21N5O5S. The number of rotatable bonds is 8. The fraction of sp³-hybridized carbons (Fsp3) is 0.300. The lowest BCUT2D eigenvalue weighted by atomic mass is 10.1. The van der Waals surface area contributed by atoms with Crippen LogP contribution in [0.25, 0.3) is 11.5 Å². The van der Waals surface area contributed by atoms with Gasteiger partial charge in [0, 0.05) is 31.0 Å². The molecule has 2 N–H and O–H groups in total. The summed E-state index contributed by atoms with van der Waals surface area (Å²) in [7, 11) is 0. The van der Waals surface area contributed by atoms with Gasteiger partial charge in [-0.1, -0.05) is 17.4 Å². The third kappa shape index (κ3) is 5.72. The number of aromatic nitrogens is 3. The van der Waals surface area contributed by atoms with Gasteiger partial charge in [0.15, 0.2) is 5.13 Å². The summed E-state index contributed by atoms with van der Waals surface area (Å²) in [6.07, 6.45) is 0.0433. The van der Waals surface area contributed by atoms with Crippen LogP contribution in [0, 0.1) is 13.8 Å². The molecule has 2 aromatic heterocycles. The van der Waals surface area contributed by atoms with Crippen molar-refractivity contribution in [3.63, 3.8) is 0 Å². The van der Waals surface area contributed by atoms with E-state index < -0.39 is 5.97 Å². The van der Waals surface area contributed by atoms with Crippen molar-refractivity contribution >= 4 is 34.3 Å². The van der Waals surface area contributed by atoms with Crippen LogP contribution in [-0.4, -0.2) is 46.1 Å². The molecule has 0 fully saturated rings. The zero-order valence-electron chi connectivity index (χ0n) is 17.2. The highest BCUT2D eigenvalue weighted by molar-refractivity contribution is 7.17. The van der Waals surface area contributed by atoms with Gasteiger partial charge in [-0.2, -0.15) is 0 Å². The highest BCUT2D eigenvalue weighted by atomic mass is 32.1. The SMILES string of the molecule is CCOC(=O)c1sc(NC(=O)CCNC(=O)c2cccc(-c3nnc(C)o3)c2)nc1C. The summed E-state index contributed by atoms with van der Waals surface area (Å²) in [6, 6.07) is 6.76. The quantitative estimate of drug-likeness (QED) is 0.507. The second-order valence-corrected chi connectivity index (χ2v) is 7.41. The Balaban J connectivity index is 1.51. The smallest absolute Gasteiger partial charge is 0.350 e. The minimum Gasteiger partial charge on any atom is -0.462 e. The van der Waals surface area contributed by atoms with Gasteiger partial charge in [-0.15, -0.1) is 10.2 Å². The van der Waals surface area contributed by atoms with E-state index in [2.05, 4.69) is 25.8 Å². The molecule has 0 atom stereocenters. The minimum atomic E-state index is -0.469. The van der Waals surface area contributed by atoms with E-state index in [4.69, 9.17) is 9.15 Å². The molecule has 10 nitrogen and oxygen atoms in total. The first-order valence-corrected chi connectivity index (χ1v) is 10.3. The molecule has 3 rings (SSSR count). The predicted octanol–water partition coefficient (Wildman–Crippen LogP) is 2.75. The number of hydrogen-bond acceptors (Lipinski definition) is 9. The Kier molecular flexibility index (Phi) is 7.08. The topological polar surface area (TPSA) is 136 Å². The van der Waals surface area contributed by atoms with Crippen molar-refractivity contribution in [1.29, 1.82) is 0 Å². The summed E-state index contributed by atoms with van der Waals surface area (Å²) < 4.78 is 10.3. The highest BCUT2D eigenvalue weighted by Crippen LogP contribution is 2.23. The zero-order valence-corrected chi connectivity index (χ0v) is 18.0. The third-order valence-electron chi connectivity index (χ3n) is 4.04. The van der Waals surface area contributed by atoms with Crippen molar-refractivity contribution in [2.45, 2.75) is 27.2 Å². The molecule has 2 heterocycles. The van der Waals surface area contributed by atoms with E-state index in [1.54, 1.807) is 45.0 Å². The molecule has 2 amide bonds. The van der Waals surface area contributed by atoms with Crippen LogP contribution < -0.4 is 10.6 Å². The molecule has 11 heteroatoms. The van der Waals surface area contributed by atoms with Crippen molar-refractivity contribution in [3.05, 3.63) is 46.3 Å². The van der Waals surface area contributed by atoms with Crippen molar-refractivity contribution in [2.24, 2.45) is 0 Å². The number of carbonyl (C=O) groups is 3. The monoisotopic (exact) mass is 443 g/mol. The molecular weight excluding hydrogens is 422 g/mol. The second-order valence-electron chi connectivity index (χ2n) is 6.42. The van der Waals surface area contributed by atoms with Crippen molar-refractivity contribution in [2.75, 3.05) is 18.5 Å². The average Bonchev–Trinajstić information content (AvgIpc) is 3.33. The van der Waals surface area contributed by atoms with Gasteiger partial charge >= 0.3 is 5.97 Å². The number of nitrogens with one attached hydrogen (secondary N) is 2. The van der Waals surface area contributed by atoms with E-state index in [1.165, 1.54) is 0 Å². The zero-order chi connectivity index (χ0) is 22.4. The lowest BCUT2D eigenvalue weighted by Gasteiger charge is -2.06. The molecule has 0 aliphatic rings. The molecule has 162 valence electrons. The number of ether oxygens (including phenoxy) is 1. The van der Waals surface area contributed by atoms with Crippen molar-refractivity contribution in [3.8, 4) is 11.5 Å². The molecule has 0 aliphatic carbocycles. The van der Waals surface area contributed by atoms with E-state index >= 15 is 0 Å². The average molecular weight is 443 g/mol. The molecule has 3 aromatic rings. The van der Waals surface area contributed by atoms with Gasteiger partial charge in [0.2, 0.25) is 17.7 Å². The standard InChI is InChI=1S/C20H21N5O5S/c1-4-29-19(28)16-11(2)22-20(31-16)23-15(26)8-9-21-17(27)13-6-5-7-14(10-13)18-25-24-12(3)30-18/h5-7,10H,4,8-9H2,1-3H3,(H,21,27)(H,22,23,26). The van der Waals surface area contributed by atoms with Crippen molar-refractivity contribution < 1.29 is 23.5 Å². The molecule has 1 aromatic carbocycles. The van der Waals surface area contributed by atoms with Crippen LogP contribution >= 0.6 is 11.3 Å². The summed E-state index contributed by atoms with van der Waals surface area (Å²) in [4.78, 5) is 40.9. The van der Waals surface area contributed by atoms with Gasteiger partial charge in [0.05, 0.1) is 12.3 Å². The lowest BCUT2D eigenvalue weighted by molar-refractivity contribution is -0.116. The van der Waals surface area contributed by atoms with Crippen LogP contribution in [0.15, 0.2) is 28.7 Å². The number of carbonyl (C=O) groups excluding carboxylic acids is 3. The molecule has 0 unspecified atom stereocenters. The Labute approximate surface area is 182 Å². The number of esters is 1. The first-order valence-electron chi connectivity index (χ1n) is 9.50. The maximum Gasteiger partial charge on any atom is 0.350 e. The van der Waals surface area contributed by atoms with Gasteiger partial charge in [0.1, 0.15) is 4.88 Å². The molecule has 0 saturated carbocycles. The highest BCUT2D eigenvalue weighted by Gasteiger charge is 2.17. The molecule has 0 bridgehead atoms. The fourth-order valence-electron chi connectivity index (χ4n) is 2.62. The molecule has 31 heavy (non-hydrogen) atoms. The van der Waals surface area contributed by atoms with E-state index in [9.17, 15) is 14.4 Å². The van der Waals surface area contributed by atoms with Crippen LogP contribution in [0.5, 0.6) is 0 Å².